The van der Waals surface area contributed by atoms with E-state index in [1.165, 1.54) is 54.1 Å². The van der Waals surface area contributed by atoms with Crippen molar-refractivity contribution in [2.24, 2.45) is 11.8 Å². The predicted molar refractivity (Wildman–Crippen MR) is 86.2 cm³/mol. The second-order valence-corrected chi connectivity index (χ2v) is 8.44. The van der Waals surface area contributed by atoms with Gasteiger partial charge in [-0.1, -0.05) is 12.8 Å². The molecule has 2 fully saturated rings. The van der Waals surface area contributed by atoms with E-state index in [1.807, 2.05) is 11.3 Å². The molecule has 3 rings (SSSR count). The molecule has 2 aliphatic carbocycles. The molecular formula is C17H28N2S. The Morgan fingerprint density at radius 1 is 1.20 bits per heavy atom. The van der Waals surface area contributed by atoms with Crippen LogP contribution in [0.5, 0.6) is 0 Å². The lowest BCUT2D eigenvalue weighted by Gasteiger charge is -2.42. The lowest BCUT2D eigenvalue weighted by atomic mass is 9.73. The number of hydrogen-bond acceptors (Lipinski definition) is 3. The van der Waals surface area contributed by atoms with Crippen molar-refractivity contribution in [2.45, 2.75) is 77.8 Å². The maximum absolute atomic E-state index is 4.93. The summed E-state index contributed by atoms with van der Waals surface area (Å²) < 4.78 is 0. The lowest BCUT2D eigenvalue weighted by molar-refractivity contribution is 0.153. The van der Waals surface area contributed by atoms with Crippen LogP contribution in [0.2, 0.25) is 0 Å². The van der Waals surface area contributed by atoms with Crippen molar-refractivity contribution in [1.29, 1.82) is 0 Å². The first-order chi connectivity index (χ1) is 9.50. The van der Waals surface area contributed by atoms with E-state index < -0.39 is 0 Å². The first-order valence-electron chi connectivity index (χ1n) is 8.22. The second kappa shape index (κ2) is 5.42. The SMILES string of the molecule is Cc1nc(C2(NC(C)C)CCCC(C3CC3)C2)sc1C. The van der Waals surface area contributed by atoms with Crippen molar-refractivity contribution < 1.29 is 0 Å². The van der Waals surface area contributed by atoms with Crippen molar-refractivity contribution in [3.63, 3.8) is 0 Å². The Labute approximate surface area is 127 Å². The van der Waals surface area contributed by atoms with E-state index >= 15 is 0 Å². The molecule has 2 atom stereocenters. The maximum atomic E-state index is 4.93. The van der Waals surface area contributed by atoms with Crippen LogP contribution in [0.4, 0.5) is 0 Å². The third-order valence-electron chi connectivity index (χ3n) is 5.08. The molecule has 1 heterocycles. The first-order valence-corrected chi connectivity index (χ1v) is 9.04. The van der Waals surface area contributed by atoms with Crippen LogP contribution in [0, 0.1) is 25.7 Å². The summed E-state index contributed by atoms with van der Waals surface area (Å²) in [5, 5.41) is 5.27. The molecule has 2 aliphatic rings. The second-order valence-electron chi connectivity index (χ2n) is 7.24. The molecule has 2 saturated carbocycles. The highest BCUT2D eigenvalue weighted by Gasteiger charge is 2.44. The quantitative estimate of drug-likeness (QED) is 0.880. The van der Waals surface area contributed by atoms with E-state index in [4.69, 9.17) is 4.98 Å². The number of hydrogen-bond donors (Lipinski definition) is 1. The van der Waals surface area contributed by atoms with E-state index in [0.717, 1.165) is 11.8 Å². The van der Waals surface area contributed by atoms with Crippen molar-refractivity contribution in [1.82, 2.24) is 10.3 Å². The fraction of sp³-hybridized carbons (Fsp3) is 0.824. The molecule has 0 bridgehead atoms. The topological polar surface area (TPSA) is 24.9 Å². The molecule has 0 saturated heterocycles. The minimum Gasteiger partial charge on any atom is -0.303 e. The number of rotatable bonds is 4. The summed E-state index contributed by atoms with van der Waals surface area (Å²) >= 11 is 1.92. The van der Waals surface area contributed by atoms with Gasteiger partial charge in [0.2, 0.25) is 0 Å². The number of thiazole rings is 1. The van der Waals surface area contributed by atoms with Gasteiger partial charge >= 0.3 is 0 Å². The zero-order chi connectivity index (χ0) is 14.3. The van der Waals surface area contributed by atoms with Gasteiger partial charge < -0.3 is 5.32 Å². The molecule has 3 heteroatoms. The number of aromatic nitrogens is 1. The van der Waals surface area contributed by atoms with E-state index in [0.29, 0.717) is 6.04 Å². The first kappa shape index (κ1) is 14.5. The van der Waals surface area contributed by atoms with Crippen LogP contribution in [-0.4, -0.2) is 11.0 Å². The average molecular weight is 292 g/mol. The Morgan fingerprint density at radius 2 is 1.95 bits per heavy atom. The molecular weight excluding hydrogens is 264 g/mol. The van der Waals surface area contributed by atoms with Gasteiger partial charge in [0.05, 0.1) is 11.2 Å². The zero-order valence-electron chi connectivity index (χ0n) is 13.3. The molecule has 1 aromatic heterocycles. The van der Waals surface area contributed by atoms with Crippen LogP contribution in [0.15, 0.2) is 0 Å². The van der Waals surface area contributed by atoms with E-state index in [9.17, 15) is 0 Å². The molecule has 0 aliphatic heterocycles. The van der Waals surface area contributed by atoms with Crippen LogP contribution in [0.25, 0.3) is 0 Å². The highest BCUT2D eigenvalue weighted by atomic mass is 32.1. The van der Waals surface area contributed by atoms with Gasteiger partial charge in [-0.2, -0.15) is 0 Å². The highest BCUT2D eigenvalue weighted by Crippen LogP contribution is 2.50. The fourth-order valence-electron chi connectivity index (χ4n) is 3.90. The van der Waals surface area contributed by atoms with E-state index in [-0.39, 0.29) is 5.54 Å². The summed E-state index contributed by atoms with van der Waals surface area (Å²) in [5.41, 5.74) is 1.38. The zero-order valence-corrected chi connectivity index (χ0v) is 14.1. The monoisotopic (exact) mass is 292 g/mol. The number of nitrogens with zero attached hydrogens (tertiary/aromatic N) is 1. The van der Waals surface area contributed by atoms with E-state index in [1.54, 1.807) is 0 Å². The van der Waals surface area contributed by atoms with Gasteiger partial charge in [-0.25, -0.2) is 4.98 Å². The Morgan fingerprint density at radius 3 is 2.50 bits per heavy atom. The van der Waals surface area contributed by atoms with Crippen LogP contribution < -0.4 is 5.32 Å². The molecule has 1 aromatic rings. The maximum Gasteiger partial charge on any atom is 0.113 e. The van der Waals surface area contributed by atoms with Gasteiger partial charge in [-0.05, 0) is 65.2 Å². The highest BCUT2D eigenvalue weighted by molar-refractivity contribution is 7.11. The Balaban J connectivity index is 1.90. The van der Waals surface area contributed by atoms with Crippen molar-refractivity contribution in [2.75, 3.05) is 0 Å². The van der Waals surface area contributed by atoms with Gasteiger partial charge in [0.25, 0.3) is 0 Å². The van der Waals surface area contributed by atoms with Crippen LogP contribution in [0.3, 0.4) is 0 Å². The summed E-state index contributed by atoms with van der Waals surface area (Å²) in [6.45, 7) is 8.91. The molecule has 2 unspecified atom stereocenters. The summed E-state index contributed by atoms with van der Waals surface area (Å²) in [5.74, 6) is 1.95. The smallest absolute Gasteiger partial charge is 0.113 e. The minimum absolute atomic E-state index is 0.156. The lowest BCUT2D eigenvalue weighted by Crippen LogP contribution is -2.49. The third-order valence-corrected chi connectivity index (χ3v) is 6.36. The van der Waals surface area contributed by atoms with Gasteiger partial charge in [0.15, 0.2) is 0 Å². The fourth-order valence-corrected chi connectivity index (χ4v) is 5.01. The van der Waals surface area contributed by atoms with Gasteiger partial charge in [-0.15, -0.1) is 11.3 Å². The van der Waals surface area contributed by atoms with Crippen LogP contribution >= 0.6 is 11.3 Å². The summed E-state index contributed by atoms with van der Waals surface area (Å²) in [6.07, 6.45) is 8.31. The van der Waals surface area contributed by atoms with Crippen molar-refractivity contribution >= 4 is 11.3 Å². The predicted octanol–water partition coefficient (Wildman–Crippen LogP) is 4.55. The van der Waals surface area contributed by atoms with Gasteiger partial charge in [0.1, 0.15) is 5.01 Å². The average Bonchev–Trinajstić information content (AvgIpc) is 3.16. The standard InChI is InChI=1S/C17H28N2S/c1-11(2)19-17(16-18-12(3)13(4)20-16)9-5-6-15(10-17)14-7-8-14/h11,14-15,19H,5-10H2,1-4H3. The Hall–Kier alpha value is -0.410. The molecule has 0 spiro atoms. The van der Waals surface area contributed by atoms with E-state index in [2.05, 4.69) is 33.0 Å². The molecule has 20 heavy (non-hydrogen) atoms. The summed E-state index contributed by atoms with van der Waals surface area (Å²) in [4.78, 5) is 6.32. The third kappa shape index (κ3) is 2.80. The van der Waals surface area contributed by atoms with Crippen molar-refractivity contribution in [3.05, 3.63) is 15.6 Å². The molecule has 1 N–H and O–H groups in total. The summed E-state index contributed by atoms with van der Waals surface area (Å²) in [7, 11) is 0. The van der Waals surface area contributed by atoms with Crippen LogP contribution in [0.1, 0.15) is 68.0 Å². The minimum atomic E-state index is 0.156. The molecule has 2 nitrogen and oxygen atoms in total. The van der Waals surface area contributed by atoms with Crippen molar-refractivity contribution in [3.8, 4) is 0 Å². The Kier molecular flexibility index (Phi) is 3.93. The van der Waals surface area contributed by atoms with Gasteiger partial charge in [-0.3, -0.25) is 0 Å². The molecule has 112 valence electrons. The normalized spacial score (nSPS) is 30.9. The molecule has 0 aromatic carbocycles. The summed E-state index contributed by atoms with van der Waals surface area (Å²) in [6, 6.07) is 0.525. The molecule has 0 radical (unpaired) electrons. The number of aryl methyl sites for hydroxylation is 2. The largest absolute Gasteiger partial charge is 0.303 e. The Bertz CT molecular complexity index is 456. The number of nitrogens with one attached hydrogen (secondary N) is 1. The van der Waals surface area contributed by atoms with Gasteiger partial charge in [0, 0.05) is 10.9 Å². The molecule has 0 amide bonds. The van der Waals surface area contributed by atoms with Crippen LogP contribution in [-0.2, 0) is 5.54 Å².